The molecule has 1 amide bonds. The van der Waals surface area contributed by atoms with Crippen molar-refractivity contribution in [2.75, 3.05) is 35.9 Å². The summed E-state index contributed by atoms with van der Waals surface area (Å²) in [6.07, 6.45) is 3.39. The molecule has 12 heteroatoms. The Morgan fingerprint density at radius 3 is 2.38 bits per heavy atom. The van der Waals surface area contributed by atoms with Crippen LogP contribution in [0, 0.1) is 6.92 Å². The molecule has 0 spiro atoms. The van der Waals surface area contributed by atoms with Gasteiger partial charge in [0.25, 0.3) is 0 Å². The minimum absolute atomic E-state index is 0.125. The van der Waals surface area contributed by atoms with Crippen LogP contribution in [0.4, 0.5) is 28.7 Å². The molecule has 0 unspecified atom stereocenters. The number of ether oxygens (including phenoxy) is 2. The zero-order valence-electron chi connectivity index (χ0n) is 21.4. The number of pyridine rings is 1. The fourth-order valence-corrected chi connectivity index (χ4v) is 4.58. The average Bonchev–Trinajstić information content (AvgIpc) is 2.93. The van der Waals surface area contributed by atoms with Crippen molar-refractivity contribution in [3.8, 4) is 22.8 Å². The van der Waals surface area contributed by atoms with E-state index in [4.69, 9.17) is 32.7 Å². The van der Waals surface area contributed by atoms with E-state index in [1.54, 1.807) is 24.4 Å². The van der Waals surface area contributed by atoms with E-state index >= 15 is 0 Å². The first-order valence-electron chi connectivity index (χ1n) is 11.8. The van der Waals surface area contributed by atoms with Crippen LogP contribution in [0.1, 0.15) is 12.0 Å². The van der Waals surface area contributed by atoms with Crippen LogP contribution in [0.2, 0.25) is 10.0 Å². The summed E-state index contributed by atoms with van der Waals surface area (Å²) in [4.78, 5) is 25.6. The van der Waals surface area contributed by atoms with Gasteiger partial charge in [0.1, 0.15) is 39.5 Å². The van der Waals surface area contributed by atoms with Gasteiger partial charge in [0.2, 0.25) is 5.91 Å². The average molecular weight is 586 g/mol. The van der Waals surface area contributed by atoms with E-state index in [1.807, 2.05) is 31.2 Å². The van der Waals surface area contributed by atoms with Crippen LogP contribution < -0.4 is 25.4 Å². The predicted molar refractivity (Wildman–Crippen MR) is 160 cm³/mol. The van der Waals surface area contributed by atoms with E-state index in [0.29, 0.717) is 57.9 Å². The molecule has 2 aromatic heterocycles. The van der Waals surface area contributed by atoms with Gasteiger partial charge in [-0.15, -0.1) is 0 Å². The number of nitrogens with one attached hydrogen (secondary N) is 3. The van der Waals surface area contributed by atoms with E-state index < -0.39 is 0 Å². The van der Waals surface area contributed by atoms with Crippen molar-refractivity contribution in [2.24, 2.45) is 0 Å². The summed E-state index contributed by atoms with van der Waals surface area (Å²) in [7, 11) is 3.01. The number of thiol groups is 1. The molecule has 0 aliphatic rings. The van der Waals surface area contributed by atoms with Gasteiger partial charge in [-0.1, -0.05) is 35.3 Å². The number of aromatic nitrogens is 3. The summed E-state index contributed by atoms with van der Waals surface area (Å²) in [5.41, 5.74) is 3.92. The van der Waals surface area contributed by atoms with Gasteiger partial charge in [-0.05, 0) is 36.4 Å². The molecule has 2 aromatic carbocycles. The molecule has 39 heavy (non-hydrogen) atoms. The molecule has 0 radical (unpaired) electrons. The van der Waals surface area contributed by atoms with Gasteiger partial charge in [0.05, 0.1) is 37.0 Å². The van der Waals surface area contributed by atoms with E-state index in [2.05, 4.69) is 43.5 Å². The number of carbonyl (C=O) groups excluding carboxylic acids is 1. The zero-order chi connectivity index (χ0) is 27.9. The number of benzene rings is 2. The number of amides is 1. The van der Waals surface area contributed by atoms with Gasteiger partial charge in [-0.3, -0.25) is 4.79 Å². The summed E-state index contributed by atoms with van der Waals surface area (Å²) in [6.45, 7) is 1.94. The van der Waals surface area contributed by atoms with Crippen molar-refractivity contribution in [3.05, 3.63) is 70.6 Å². The maximum absolute atomic E-state index is 12.2. The summed E-state index contributed by atoms with van der Waals surface area (Å²) in [6, 6.07) is 12.7. The van der Waals surface area contributed by atoms with Gasteiger partial charge in [0, 0.05) is 30.3 Å². The molecule has 2 heterocycles. The highest BCUT2D eigenvalue weighted by molar-refractivity contribution is 7.80. The molecule has 4 aromatic rings. The maximum Gasteiger partial charge on any atom is 0.225 e. The van der Waals surface area contributed by atoms with Crippen molar-refractivity contribution >= 4 is 70.4 Å². The number of nitrogens with zero attached hydrogens (tertiary/aromatic N) is 3. The minimum Gasteiger partial charge on any atom is -0.495 e. The van der Waals surface area contributed by atoms with Gasteiger partial charge in [-0.25, -0.2) is 15.0 Å². The molecule has 0 bridgehead atoms. The van der Waals surface area contributed by atoms with E-state index in [0.717, 1.165) is 11.3 Å². The van der Waals surface area contributed by atoms with Crippen molar-refractivity contribution < 1.29 is 14.3 Å². The fourth-order valence-electron chi connectivity index (χ4n) is 3.78. The molecular formula is C27H26Cl2N6O3S. The first-order valence-corrected chi connectivity index (χ1v) is 13.2. The molecule has 4 rings (SSSR count). The Morgan fingerprint density at radius 1 is 0.949 bits per heavy atom. The molecule has 0 fully saturated rings. The molecule has 202 valence electrons. The number of halogens is 2. The quantitative estimate of drug-likeness (QED) is 0.149. The van der Waals surface area contributed by atoms with Crippen LogP contribution in [0.3, 0.4) is 0 Å². The number of aryl methyl sites for hydroxylation is 1. The van der Waals surface area contributed by atoms with Gasteiger partial charge >= 0.3 is 0 Å². The fraction of sp³-hybridized carbons (Fsp3) is 0.185. The number of rotatable bonds is 10. The van der Waals surface area contributed by atoms with Crippen molar-refractivity contribution in [1.29, 1.82) is 0 Å². The molecular weight excluding hydrogens is 559 g/mol. The molecule has 0 aliphatic heterocycles. The normalized spacial score (nSPS) is 10.6. The van der Waals surface area contributed by atoms with Crippen molar-refractivity contribution in [2.45, 2.75) is 13.3 Å². The van der Waals surface area contributed by atoms with Crippen LogP contribution in [0.15, 0.2) is 55.0 Å². The number of methoxy groups -OCH3 is 2. The number of hydrogen-bond acceptors (Lipinski definition) is 9. The third-order valence-corrected chi connectivity index (χ3v) is 6.68. The summed E-state index contributed by atoms with van der Waals surface area (Å²) < 4.78 is 10.7. The van der Waals surface area contributed by atoms with Gasteiger partial charge in [0.15, 0.2) is 0 Å². The largest absolute Gasteiger partial charge is 0.495 e. The Hall–Kier alpha value is -3.73. The number of para-hydroxylation sites is 1. The lowest BCUT2D eigenvalue weighted by atomic mass is 10.1. The molecule has 0 atom stereocenters. The third-order valence-electron chi connectivity index (χ3n) is 5.71. The van der Waals surface area contributed by atoms with Gasteiger partial charge in [-0.2, -0.15) is 12.6 Å². The Morgan fingerprint density at radius 2 is 1.69 bits per heavy atom. The summed E-state index contributed by atoms with van der Waals surface area (Å²) in [5, 5.41) is 10.00. The van der Waals surface area contributed by atoms with Crippen LogP contribution in [-0.4, -0.2) is 40.8 Å². The lowest BCUT2D eigenvalue weighted by Gasteiger charge is -2.17. The van der Waals surface area contributed by atoms with E-state index in [-0.39, 0.29) is 16.0 Å². The standard InChI is InChI=1S/C27H26Cl2N6O3S/c1-15-6-4-8-17(33-22(36)9-11-39)25(15)34-21-12-18(31-14-32-21)16-7-5-10-30-27(16)35-26-23(28)19(37-2)13-20(38-3)24(26)29/h4-8,10,12-14,39H,9,11H2,1-3H3,(H,30,35)(H,33,36)(H,31,32,34). The molecule has 0 aliphatic carbocycles. The van der Waals surface area contributed by atoms with E-state index in [1.165, 1.54) is 20.5 Å². The smallest absolute Gasteiger partial charge is 0.225 e. The lowest BCUT2D eigenvalue weighted by Crippen LogP contribution is -2.13. The van der Waals surface area contributed by atoms with Crippen LogP contribution >= 0.6 is 35.8 Å². The predicted octanol–water partition coefficient (Wildman–Crippen LogP) is 6.92. The lowest BCUT2D eigenvalue weighted by molar-refractivity contribution is -0.115. The Bertz CT molecular complexity index is 1480. The van der Waals surface area contributed by atoms with E-state index in [9.17, 15) is 4.79 Å². The second kappa shape index (κ2) is 12.9. The van der Waals surface area contributed by atoms with Crippen LogP contribution in [0.25, 0.3) is 11.3 Å². The van der Waals surface area contributed by atoms with Crippen molar-refractivity contribution in [1.82, 2.24) is 15.0 Å². The first kappa shape index (κ1) is 28.3. The SMILES string of the molecule is COc1cc(OC)c(Cl)c(Nc2ncccc2-c2cc(Nc3c(C)cccc3NC(=O)CCS)ncn2)c1Cl. The molecule has 0 saturated carbocycles. The summed E-state index contributed by atoms with van der Waals surface area (Å²) in [5.74, 6) is 2.09. The monoisotopic (exact) mass is 584 g/mol. The number of anilines is 5. The third kappa shape index (κ3) is 6.47. The second-order valence-corrected chi connectivity index (χ2v) is 9.44. The highest BCUT2D eigenvalue weighted by Gasteiger charge is 2.20. The Kier molecular flexibility index (Phi) is 9.34. The minimum atomic E-state index is -0.125. The summed E-state index contributed by atoms with van der Waals surface area (Å²) >= 11 is 17.3. The first-order chi connectivity index (χ1) is 18.9. The van der Waals surface area contributed by atoms with Crippen molar-refractivity contribution in [3.63, 3.8) is 0 Å². The zero-order valence-corrected chi connectivity index (χ0v) is 23.8. The van der Waals surface area contributed by atoms with Crippen LogP contribution in [-0.2, 0) is 4.79 Å². The highest BCUT2D eigenvalue weighted by Crippen LogP contribution is 2.45. The Labute approximate surface area is 241 Å². The molecule has 0 saturated heterocycles. The second-order valence-electron chi connectivity index (χ2n) is 8.24. The maximum atomic E-state index is 12.2. The van der Waals surface area contributed by atoms with Gasteiger partial charge < -0.3 is 25.4 Å². The highest BCUT2D eigenvalue weighted by atomic mass is 35.5. The molecule has 3 N–H and O–H groups in total. The topological polar surface area (TPSA) is 110 Å². The Balaban J connectivity index is 1.69. The number of hydrogen-bond donors (Lipinski definition) is 4. The number of carbonyl (C=O) groups is 1. The van der Waals surface area contributed by atoms with Crippen LogP contribution in [0.5, 0.6) is 11.5 Å². The molecule has 9 nitrogen and oxygen atoms in total.